The van der Waals surface area contributed by atoms with Crippen LogP contribution in [0.25, 0.3) is 0 Å². The number of fused-ring (bicyclic) bond motifs is 2. The molecule has 0 saturated heterocycles. The molecule has 1 aromatic rings. The lowest BCUT2D eigenvalue weighted by atomic mass is 9.96. The zero-order valence-electron chi connectivity index (χ0n) is 7.95. The predicted molar refractivity (Wildman–Crippen MR) is 51.8 cm³/mol. The quantitative estimate of drug-likeness (QED) is 0.634. The molecule has 0 aromatic heterocycles. The summed E-state index contributed by atoms with van der Waals surface area (Å²) in [5.41, 5.74) is 7.30. The number of nitrogens with one attached hydrogen (secondary N) is 1. The highest BCUT2D eigenvalue weighted by molar-refractivity contribution is 5.97. The molecule has 0 radical (unpaired) electrons. The van der Waals surface area contributed by atoms with Crippen LogP contribution in [0.15, 0.2) is 12.1 Å². The normalized spacial score (nSPS) is 22.2. The summed E-state index contributed by atoms with van der Waals surface area (Å²) in [7, 11) is 0. The fourth-order valence-corrected chi connectivity index (χ4v) is 1.87. The van der Waals surface area contributed by atoms with Gasteiger partial charge in [0, 0.05) is 18.2 Å². The number of nitrogens with two attached hydrogens (primary N) is 1. The van der Waals surface area contributed by atoms with Gasteiger partial charge in [-0.1, -0.05) is 0 Å². The molecule has 5 nitrogen and oxygen atoms in total. The van der Waals surface area contributed by atoms with Crippen LogP contribution in [-0.4, -0.2) is 19.2 Å². The van der Waals surface area contributed by atoms with E-state index in [-0.39, 0.29) is 18.7 Å². The van der Waals surface area contributed by atoms with Crippen LogP contribution in [0, 0.1) is 0 Å². The van der Waals surface area contributed by atoms with Crippen LogP contribution in [0.3, 0.4) is 0 Å². The minimum absolute atomic E-state index is 0.106. The van der Waals surface area contributed by atoms with Crippen molar-refractivity contribution in [2.45, 2.75) is 6.04 Å². The predicted octanol–water partition coefficient (Wildman–Crippen LogP) is 0.158. The van der Waals surface area contributed by atoms with E-state index in [2.05, 4.69) is 5.32 Å². The molecule has 3 rings (SSSR count). The second-order valence-corrected chi connectivity index (χ2v) is 3.61. The molecule has 2 aliphatic heterocycles. The third-order valence-corrected chi connectivity index (χ3v) is 2.67. The molecule has 3 N–H and O–H groups in total. The van der Waals surface area contributed by atoms with Crippen molar-refractivity contribution in [3.63, 3.8) is 0 Å². The average Bonchev–Trinajstić information content (AvgIpc) is 2.69. The minimum atomic E-state index is -0.174. The largest absolute Gasteiger partial charge is 0.454 e. The topological polar surface area (TPSA) is 73.6 Å². The van der Waals surface area contributed by atoms with Crippen molar-refractivity contribution in [3.8, 4) is 11.5 Å². The molecular weight excluding hydrogens is 196 g/mol. The van der Waals surface area contributed by atoms with Gasteiger partial charge in [-0.2, -0.15) is 0 Å². The van der Waals surface area contributed by atoms with Crippen LogP contribution in [0.5, 0.6) is 11.5 Å². The molecule has 78 valence electrons. The summed E-state index contributed by atoms with van der Waals surface area (Å²) in [6.45, 7) is 0.667. The second kappa shape index (κ2) is 2.87. The van der Waals surface area contributed by atoms with Crippen LogP contribution in [-0.2, 0) is 0 Å². The van der Waals surface area contributed by atoms with Crippen molar-refractivity contribution in [3.05, 3.63) is 23.3 Å². The molecular formula is C10H10N2O3. The van der Waals surface area contributed by atoms with Crippen LogP contribution >= 0.6 is 0 Å². The Hall–Kier alpha value is -1.75. The van der Waals surface area contributed by atoms with Crippen LogP contribution in [0.1, 0.15) is 22.0 Å². The van der Waals surface area contributed by atoms with E-state index in [1.165, 1.54) is 0 Å². The summed E-state index contributed by atoms with van der Waals surface area (Å²) in [4.78, 5) is 11.6. The summed E-state index contributed by atoms with van der Waals surface area (Å²) in [5.74, 6) is 1.17. The Morgan fingerprint density at radius 2 is 2.07 bits per heavy atom. The average molecular weight is 206 g/mol. The number of carbonyl (C=O) groups excluding carboxylic acids is 1. The first-order valence-electron chi connectivity index (χ1n) is 4.73. The molecule has 0 unspecified atom stereocenters. The molecule has 1 atom stereocenters. The lowest BCUT2D eigenvalue weighted by Crippen LogP contribution is -2.38. The van der Waals surface area contributed by atoms with E-state index in [9.17, 15) is 4.79 Å². The van der Waals surface area contributed by atoms with Gasteiger partial charge in [-0.25, -0.2) is 0 Å². The van der Waals surface area contributed by atoms with Crippen molar-refractivity contribution in [1.82, 2.24) is 5.32 Å². The van der Waals surface area contributed by atoms with Crippen molar-refractivity contribution in [2.24, 2.45) is 5.73 Å². The van der Waals surface area contributed by atoms with Crippen LogP contribution in [0.2, 0.25) is 0 Å². The van der Waals surface area contributed by atoms with Crippen LogP contribution in [0.4, 0.5) is 0 Å². The number of hydrogen-bond donors (Lipinski definition) is 2. The van der Waals surface area contributed by atoms with E-state index in [0.29, 0.717) is 23.6 Å². The first kappa shape index (κ1) is 8.55. The fraction of sp³-hybridized carbons (Fsp3) is 0.300. The molecule has 2 aliphatic rings. The zero-order chi connectivity index (χ0) is 10.4. The first-order chi connectivity index (χ1) is 7.25. The Morgan fingerprint density at radius 1 is 1.33 bits per heavy atom. The summed E-state index contributed by atoms with van der Waals surface area (Å²) in [6, 6.07) is 3.31. The van der Waals surface area contributed by atoms with Crippen molar-refractivity contribution >= 4 is 5.91 Å². The maximum Gasteiger partial charge on any atom is 0.251 e. The number of carbonyl (C=O) groups is 1. The van der Waals surface area contributed by atoms with E-state index in [1.54, 1.807) is 12.1 Å². The highest BCUT2D eigenvalue weighted by Gasteiger charge is 2.27. The summed E-state index contributed by atoms with van der Waals surface area (Å²) < 4.78 is 10.4. The SMILES string of the molecule is N[C@@H]1CNC(=O)c2cc3c(cc21)OCO3. The highest BCUT2D eigenvalue weighted by Crippen LogP contribution is 2.37. The summed E-state index contributed by atoms with van der Waals surface area (Å²) in [5, 5.41) is 2.72. The van der Waals surface area contributed by atoms with Gasteiger partial charge in [0.2, 0.25) is 6.79 Å². The Morgan fingerprint density at radius 3 is 2.87 bits per heavy atom. The molecule has 0 aliphatic carbocycles. The summed E-state index contributed by atoms with van der Waals surface area (Å²) in [6.07, 6.45) is 0. The first-order valence-corrected chi connectivity index (χ1v) is 4.73. The third kappa shape index (κ3) is 1.16. The molecule has 0 bridgehead atoms. The van der Waals surface area contributed by atoms with Gasteiger partial charge in [-0.15, -0.1) is 0 Å². The van der Waals surface area contributed by atoms with Crippen molar-refractivity contribution in [2.75, 3.05) is 13.3 Å². The molecule has 1 aromatic carbocycles. The van der Waals surface area contributed by atoms with E-state index in [4.69, 9.17) is 15.2 Å². The Labute approximate surface area is 86.2 Å². The van der Waals surface area contributed by atoms with Gasteiger partial charge in [-0.3, -0.25) is 4.79 Å². The summed E-state index contributed by atoms with van der Waals surface area (Å²) >= 11 is 0. The van der Waals surface area contributed by atoms with Gasteiger partial charge in [0.1, 0.15) is 0 Å². The monoisotopic (exact) mass is 206 g/mol. The second-order valence-electron chi connectivity index (χ2n) is 3.61. The molecule has 0 fully saturated rings. The Kier molecular flexibility index (Phi) is 1.63. The van der Waals surface area contributed by atoms with Crippen LogP contribution < -0.4 is 20.5 Å². The number of amides is 1. The molecule has 0 spiro atoms. The van der Waals surface area contributed by atoms with E-state index in [1.807, 2.05) is 0 Å². The van der Waals surface area contributed by atoms with Gasteiger partial charge in [0.15, 0.2) is 11.5 Å². The molecule has 5 heteroatoms. The smallest absolute Gasteiger partial charge is 0.251 e. The molecule has 15 heavy (non-hydrogen) atoms. The van der Waals surface area contributed by atoms with E-state index in [0.717, 1.165) is 5.56 Å². The maximum absolute atomic E-state index is 11.6. The van der Waals surface area contributed by atoms with Gasteiger partial charge < -0.3 is 20.5 Å². The van der Waals surface area contributed by atoms with Gasteiger partial charge >= 0.3 is 0 Å². The number of benzene rings is 1. The van der Waals surface area contributed by atoms with E-state index >= 15 is 0 Å². The standard InChI is InChI=1S/C10H10N2O3/c11-7-3-12-10(13)6-2-9-8(1-5(6)7)14-4-15-9/h1-2,7H,3-4,11H2,(H,12,13)/t7-/m1/s1. The molecule has 0 saturated carbocycles. The Balaban J connectivity index is 2.19. The number of rotatable bonds is 0. The number of hydrogen-bond acceptors (Lipinski definition) is 4. The third-order valence-electron chi connectivity index (χ3n) is 2.67. The number of ether oxygens (including phenoxy) is 2. The minimum Gasteiger partial charge on any atom is -0.454 e. The van der Waals surface area contributed by atoms with E-state index < -0.39 is 0 Å². The van der Waals surface area contributed by atoms with Crippen molar-refractivity contribution in [1.29, 1.82) is 0 Å². The van der Waals surface area contributed by atoms with Gasteiger partial charge in [-0.05, 0) is 17.7 Å². The van der Waals surface area contributed by atoms with Crippen molar-refractivity contribution < 1.29 is 14.3 Å². The lowest BCUT2D eigenvalue weighted by Gasteiger charge is -2.22. The maximum atomic E-state index is 11.6. The van der Waals surface area contributed by atoms with Gasteiger partial charge in [0.25, 0.3) is 5.91 Å². The zero-order valence-corrected chi connectivity index (χ0v) is 7.95. The molecule has 2 heterocycles. The Bertz CT molecular complexity index is 445. The highest BCUT2D eigenvalue weighted by atomic mass is 16.7. The fourth-order valence-electron chi connectivity index (χ4n) is 1.87. The lowest BCUT2D eigenvalue weighted by molar-refractivity contribution is 0.0940. The van der Waals surface area contributed by atoms with Gasteiger partial charge in [0.05, 0.1) is 0 Å². The molecule has 1 amide bonds.